The van der Waals surface area contributed by atoms with Crippen LogP contribution >= 0.6 is 0 Å². The normalized spacial score (nSPS) is 12.4. The minimum atomic E-state index is -0.691. The highest BCUT2D eigenvalue weighted by Gasteiger charge is 2.18. The first-order valence-electron chi connectivity index (χ1n) is 9.87. The van der Waals surface area contributed by atoms with E-state index in [1.807, 2.05) is 36.4 Å². The number of imide groups is 1. The zero-order chi connectivity index (χ0) is 20.9. The van der Waals surface area contributed by atoms with E-state index in [0.717, 1.165) is 41.4 Å². The van der Waals surface area contributed by atoms with Crippen molar-refractivity contribution in [3.8, 4) is 0 Å². The molecule has 0 bridgehead atoms. The third-order valence-electron chi connectivity index (χ3n) is 5.12. The molecule has 3 amide bonds. The van der Waals surface area contributed by atoms with E-state index in [1.165, 1.54) is 11.1 Å². The fourth-order valence-electron chi connectivity index (χ4n) is 3.62. The van der Waals surface area contributed by atoms with E-state index < -0.39 is 24.5 Å². The molecule has 30 heavy (non-hydrogen) atoms. The van der Waals surface area contributed by atoms with Gasteiger partial charge in [-0.05, 0) is 48.1 Å². The van der Waals surface area contributed by atoms with Crippen molar-refractivity contribution in [3.63, 3.8) is 0 Å². The number of aryl methyl sites for hydroxylation is 2. The van der Waals surface area contributed by atoms with Crippen LogP contribution in [0, 0.1) is 0 Å². The van der Waals surface area contributed by atoms with Gasteiger partial charge in [0, 0.05) is 17.5 Å². The molecule has 2 aromatic carbocycles. The van der Waals surface area contributed by atoms with Crippen LogP contribution in [0.2, 0.25) is 0 Å². The number of hydrogen-bond acceptors (Lipinski definition) is 5. The fourth-order valence-corrected chi connectivity index (χ4v) is 3.62. The Balaban J connectivity index is 1.24. The highest BCUT2D eigenvalue weighted by Crippen LogP contribution is 2.30. The second kappa shape index (κ2) is 8.82. The summed E-state index contributed by atoms with van der Waals surface area (Å²) in [6.07, 6.45) is 4.77. The van der Waals surface area contributed by atoms with Crippen molar-refractivity contribution in [3.05, 3.63) is 71.0 Å². The Bertz CT molecular complexity index is 1090. The van der Waals surface area contributed by atoms with Crippen molar-refractivity contribution in [2.75, 3.05) is 6.61 Å². The molecule has 0 fully saturated rings. The Labute approximate surface area is 173 Å². The standard InChI is InChI=1S/C23H22N2O5/c26-21(25-23(28)24-12-15-5-2-1-3-6-15)14-30-22(27)11-18-13-29-20-10-17-8-4-7-16(17)9-19(18)20/h1-3,5-6,9-10,13H,4,7-8,11-12,14H2,(H2,24,25,26,28). The number of amides is 3. The van der Waals surface area contributed by atoms with E-state index in [4.69, 9.17) is 9.15 Å². The van der Waals surface area contributed by atoms with Gasteiger partial charge in [0.1, 0.15) is 5.58 Å². The Kier molecular flexibility index (Phi) is 5.79. The molecule has 0 saturated heterocycles. The number of esters is 1. The molecule has 0 spiro atoms. The first-order valence-corrected chi connectivity index (χ1v) is 9.87. The highest BCUT2D eigenvalue weighted by molar-refractivity contribution is 5.95. The summed E-state index contributed by atoms with van der Waals surface area (Å²) in [5.74, 6) is -1.25. The number of benzene rings is 2. The van der Waals surface area contributed by atoms with Gasteiger partial charge in [0.25, 0.3) is 5.91 Å². The van der Waals surface area contributed by atoms with Gasteiger partial charge < -0.3 is 14.5 Å². The van der Waals surface area contributed by atoms with Gasteiger partial charge in [-0.25, -0.2) is 4.79 Å². The number of hydrogen-bond donors (Lipinski definition) is 2. The average molecular weight is 406 g/mol. The summed E-state index contributed by atoms with van der Waals surface area (Å²) < 4.78 is 10.6. The summed E-state index contributed by atoms with van der Waals surface area (Å²) in [6, 6.07) is 12.8. The van der Waals surface area contributed by atoms with E-state index >= 15 is 0 Å². The first-order chi connectivity index (χ1) is 14.6. The monoisotopic (exact) mass is 406 g/mol. The van der Waals surface area contributed by atoms with Crippen LogP contribution in [0.25, 0.3) is 11.0 Å². The minimum Gasteiger partial charge on any atom is -0.464 e. The molecular formula is C23H22N2O5. The van der Waals surface area contributed by atoms with Crippen LogP contribution in [0.3, 0.4) is 0 Å². The Morgan fingerprint density at radius 1 is 1.03 bits per heavy atom. The quantitative estimate of drug-likeness (QED) is 0.613. The molecule has 1 aliphatic rings. The molecule has 7 heteroatoms. The summed E-state index contributed by atoms with van der Waals surface area (Å²) in [7, 11) is 0. The van der Waals surface area contributed by atoms with Crippen LogP contribution in [0.4, 0.5) is 4.79 Å². The van der Waals surface area contributed by atoms with Crippen LogP contribution < -0.4 is 10.6 Å². The number of fused-ring (bicyclic) bond motifs is 2. The number of furan rings is 1. The highest BCUT2D eigenvalue weighted by atomic mass is 16.5. The predicted octanol–water partition coefficient (Wildman–Crippen LogP) is 3.03. The van der Waals surface area contributed by atoms with Crippen LogP contribution in [-0.2, 0) is 40.1 Å². The Morgan fingerprint density at radius 3 is 2.60 bits per heavy atom. The smallest absolute Gasteiger partial charge is 0.321 e. The summed E-state index contributed by atoms with van der Waals surface area (Å²) in [5, 5.41) is 5.61. The third-order valence-corrected chi connectivity index (χ3v) is 5.12. The molecule has 3 aromatic rings. The van der Waals surface area contributed by atoms with Crippen LogP contribution in [0.1, 0.15) is 28.7 Å². The van der Waals surface area contributed by atoms with Gasteiger partial charge in [0.05, 0.1) is 12.7 Å². The number of urea groups is 1. The number of rotatable bonds is 6. The SMILES string of the molecule is O=C(COC(=O)Cc1coc2cc3c(cc12)CCC3)NC(=O)NCc1ccccc1. The summed E-state index contributed by atoms with van der Waals surface area (Å²) in [6.45, 7) is -0.236. The van der Waals surface area contributed by atoms with Crippen molar-refractivity contribution in [1.82, 2.24) is 10.6 Å². The maximum atomic E-state index is 12.1. The number of carbonyl (C=O) groups excluding carboxylic acids is 3. The lowest BCUT2D eigenvalue weighted by molar-refractivity contribution is -0.147. The van der Waals surface area contributed by atoms with E-state index in [0.29, 0.717) is 0 Å². The van der Waals surface area contributed by atoms with Crippen molar-refractivity contribution >= 4 is 28.9 Å². The molecule has 0 aliphatic heterocycles. The van der Waals surface area contributed by atoms with Crippen LogP contribution in [0.15, 0.2) is 53.1 Å². The van der Waals surface area contributed by atoms with Crippen molar-refractivity contribution in [2.45, 2.75) is 32.2 Å². The predicted molar refractivity (Wildman–Crippen MR) is 110 cm³/mol. The van der Waals surface area contributed by atoms with Gasteiger partial charge in [0.2, 0.25) is 0 Å². The number of ether oxygens (including phenoxy) is 1. The van der Waals surface area contributed by atoms with Crippen molar-refractivity contribution < 1.29 is 23.5 Å². The molecule has 1 aliphatic carbocycles. The van der Waals surface area contributed by atoms with Gasteiger partial charge in [0.15, 0.2) is 6.61 Å². The average Bonchev–Trinajstić information content (AvgIpc) is 3.36. The Morgan fingerprint density at radius 2 is 1.80 bits per heavy atom. The van der Waals surface area contributed by atoms with Crippen LogP contribution in [0.5, 0.6) is 0 Å². The second-order valence-corrected chi connectivity index (χ2v) is 7.29. The molecule has 1 aromatic heterocycles. The van der Waals surface area contributed by atoms with Gasteiger partial charge >= 0.3 is 12.0 Å². The van der Waals surface area contributed by atoms with Gasteiger partial charge in [-0.1, -0.05) is 30.3 Å². The number of nitrogens with one attached hydrogen (secondary N) is 2. The maximum Gasteiger partial charge on any atom is 0.321 e. The Hall–Kier alpha value is -3.61. The molecule has 2 N–H and O–H groups in total. The molecule has 0 unspecified atom stereocenters. The lowest BCUT2D eigenvalue weighted by atomic mass is 10.0. The molecular weight excluding hydrogens is 384 g/mol. The lowest BCUT2D eigenvalue weighted by Gasteiger charge is -2.07. The van der Waals surface area contributed by atoms with E-state index in [2.05, 4.69) is 16.7 Å². The van der Waals surface area contributed by atoms with Crippen LogP contribution in [-0.4, -0.2) is 24.5 Å². The number of carbonyl (C=O) groups is 3. The second-order valence-electron chi connectivity index (χ2n) is 7.29. The van der Waals surface area contributed by atoms with E-state index in [9.17, 15) is 14.4 Å². The molecule has 0 radical (unpaired) electrons. The minimum absolute atomic E-state index is 0.000724. The molecule has 0 saturated carbocycles. The summed E-state index contributed by atoms with van der Waals surface area (Å²) in [4.78, 5) is 35.8. The van der Waals surface area contributed by atoms with Crippen molar-refractivity contribution in [2.24, 2.45) is 0 Å². The van der Waals surface area contributed by atoms with Gasteiger partial charge in [-0.2, -0.15) is 0 Å². The summed E-state index contributed by atoms with van der Waals surface area (Å²) >= 11 is 0. The molecule has 4 rings (SSSR count). The molecule has 7 nitrogen and oxygen atoms in total. The fraction of sp³-hybridized carbons (Fsp3) is 0.261. The van der Waals surface area contributed by atoms with E-state index in [1.54, 1.807) is 6.26 Å². The molecule has 0 atom stereocenters. The van der Waals surface area contributed by atoms with Gasteiger partial charge in [-0.3, -0.25) is 14.9 Å². The summed E-state index contributed by atoms with van der Waals surface area (Å²) in [5.41, 5.74) is 4.98. The zero-order valence-electron chi connectivity index (χ0n) is 16.4. The molecule has 154 valence electrons. The zero-order valence-corrected chi connectivity index (χ0v) is 16.4. The first kappa shape index (κ1) is 19.7. The largest absolute Gasteiger partial charge is 0.464 e. The molecule has 1 heterocycles. The maximum absolute atomic E-state index is 12.1. The third kappa shape index (κ3) is 4.68. The van der Waals surface area contributed by atoms with E-state index in [-0.39, 0.29) is 13.0 Å². The lowest BCUT2D eigenvalue weighted by Crippen LogP contribution is -2.41. The topological polar surface area (TPSA) is 97.6 Å². The van der Waals surface area contributed by atoms with Crippen molar-refractivity contribution in [1.29, 1.82) is 0 Å². The van der Waals surface area contributed by atoms with Gasteiger partial charge in [-0.15, -0.1) is 0 Å².